The largest absolute Gasteiger partial charge is 0.404 e. The van der Waals surface area contributed by atoms with Crippen LogP contribution in [0.4, 0.5) is 0 Å². The summed E-state index contributed by atoms with van der Waals surface area (Å²) in [5, 5.41) is 2.50. The lowest BCUT2D eigenvalue weighted by Gasteiger charge is -2.44. The van der Waals surface area contributed by atoms with Crippen LogP contribution in [0.3, 0.4) is 0 Å². The zero-order valence-corrected chi connectivity index (χ0v) is 26.6. The SMILES string of the molecule is Cc1ccc([C@@H]2C=C[C@@H](CO[Si](c3ccccc3)(c3ccccc3)C(C)(C)C)O[C@H]2c2ccc(C)cc2C)c(C)c1. The molecule has 0 aliphatic carbocycles. The Kier molecular flexibility index (Phi) is 8.51. The molecule has 0 fully saturated rings. The van der Waals surface area contributed by atoms with Gasteiger partial charge in [-0.15, -0.1) is 0 Å². The van der Waals surface area contributed by atoms with Crippen LogP contribution in [0.1, 0.15) is 66.2 Å². The van der Waals surface area contributed by atoms with Crippen molar-refractivity contribution in [3.05, 3.63) is 143 Å². The molecule has 3 heteroatoms. The minimum absolute atomic E-state index is 0.0808. The number of benzene rings is 4. The highest BCUT2D eigenvalue weighted by Crippen LogP contribution is 2.43. The number of hydrogen-bond acceptors (Lipinski definition) is 2. The van der Waals surface area contributed by atoms with Crippen molar-refractivity contribution in [3.63, 3.8) is 0 Å². The maximum atomic E-state index is 7.28. The van der Waals surface area contributed by atoms with E-state index in [0.29, 0.717) is 6.61 Å². The molecule has 0 spiro atoms. The molecule has 0 saturated heterocycles. The van der Waals surface area contributed by atoms with Crippen molar-refractivity contribution in [2.75, 3.05) is 6.61 Å². The highest BCUT2D eigenvalue weighted by atomic mass is 28.4. The van der Waals surface area contributed by atoms with Crippen LogP contribution in [0.2, 0.25) is 5.04 Å². The van der Waals surface area contributed by atoms with E-state index < -0.39 is 8.32 Å². The Labute approximate surface area is 248 Å². The van der Waals surface area contributed by atoms with Gasteiger partial charge >= 0.3 is 0 Å². The fraction of sp³-hybridized carbons (Fsp3) is 0.316. The van der Waals surface area contributed by atoms with Gasteiger partial charge in [-0.25, -0.2) is 0 Å². The molecule has 41 heavy (non-hydrogen) atoms. The quantitative estimate of drug-likeness (QED) is 0.167. The summed E-state index contributed by atoms with van der Waals surface area (Å²) in [7, 11) is -2.66. The maximum absolute atomic E-state index is 7.28. The monoisotopic (exact) mass is 560 g/mol. The Morgan fingerprint density at radius 3 is 1.66 bits per heavy atom. The van der Waals surface area contributed by atoms with Gasteiger partial charge in [0.2, 0.25) is 0 Å². The Hall–Kier alpha value is -3.24. The summed E-state index contributed by atoms with van der Waals surface area (Å²) in [5.74, 6) is 0.140. The second kappa shape index (κ2) is 11.9. The molecule has 1 aliphatic heterocycles. The summed E-state index contributed by atoms with van der Waals surface area (Å²) in [6, 6.07) is 35.2. The summed E-state index contributed by atoms with van der Waals surface area (Å²) in [5.41, 5.74) is 7.70. The van der Waals surface area contributed by atoms with E-state index in [1.807, 2.05) is 0 Å². The Balaban J connectivity index is 1.54. The molecule has 212 valence electrons. The molecule has 1 heterocycles. The van der Waals surface area contributed by atoms with E-state index in [1.165, 1.54) is 43.8 Å². The van der Waals surface area contributed by atoms with Gasteiger partial charge in [0.05, 0.1) is 18.8 Å². The molecule has 5 rings (SSSR count). The predicted octanol–water partition coefficient (Wildman–Crippen LogP) is 8.28. The van der Waals surface area contributed by atoms with Gasteiger partial charge in [-0.2, -0.15) is 0 Å². The van der Waals surface area contributed by atoms with Gasteiger partial charge < -0.3 is 9.16 Å². The summed E-state index contributed by atoms with van der Waals surface area (Å²) in [6.45, 7) is 16.2. The van der Waals surface area contributed by atoms with Crippen molar-refractivity contribution >= 4 is 18.7 Å². The van der Waals surface area contributed by atoms with Gasteiger partial charge in [-0.05, 0) is 65.4 Å². The molecule has 0 unspecified atom stereocenters. The highest BCUT2D eigenvalue weighted by Gasteiger charge is 2.50. The van der Waals surface area contributed by atoms with Crippen LogP contribution >= 0.6 is 0 Å². The van der Waals surface area contributed by atoms with Crippen molar-refractivity contribution in [2.45, 2.75) is 71.6 Å². The fourth-order valence-corrected chi connectivity index (χ4v) is 11.2. The maximum Gasteiger partial charge on any atom is 0.261 e. The van der Waals surface area contributed by atoms with E-state index in [9.17, 15) is 0 Å². The Morgan fingerprint density at radius 1 is 0.659 bits per heavy atom. The van der Waals surface area contributed by atoms with Gasteiger partial charge in [0.25, 0.3) is 8.32 Å². The topological polar surface area (TPSA) is 18.5 Å². The normalized spacial score (nSPS) is 19.3. The Bertz CT molecular complexity index is 1460. The Morgan fingerprint density at radius 2 is 1.17 bits per heavy atom. The lowest BCUT2D eigenvalue weighted by molar-refractivity contribution is -0.0281. The molecule has 0 saturated carbocycles. The van der Waals surface area contributed by atoms with Crippen LogP contribution in [0, 0.1) is 27.7 Å². The van der Waals surface area contributed by atoms with E-state index in [1.54, 1.807) is 0 Å². The van der Waals surface area contributed by atoms with Crippen LogP contribution in [0.25, 0.3) is 0 Å². The van der Waals surface area contributed by atoms with E-state index in [2.05, 4.69) is 158 Å². The van der Waals surface area contributed by atoms with Crippen molar-refractivity contribution in [1.82, 2.24) is 0 Å². The van der Waals surface area contributed by atoms with Crippen molar-refractivity contribution in [3.8, 4) is 0 Å². The van der Waals surface area contributed by atoms with Crippen LogP contribution < -0.4 is 10.4 Å². The lowest BCUT2D eigenvalue weighted by Crippen LogP contribution is -2.67. The first-order valence-corrected chi connectivity index (χ1v) is 16.7. The summed E-state index contributed by atoms with van der Waals surface area (Å²) < 4.78 is 14.3. The zero-order valence-electron chi connectivity index (χ0n) is 25.6. The molecular formula is C38H44O2Si. The molecule has 0 radical (unpaired) electrons. The van der Waals surface area contributed by atoms with E-state index in [-0.39, 0.29) is 23.2 Å². The first-order valence-electron chi connectivity index (χ1n) is 14.8. The molecule has 4 aromatic rings. The average Bonchev–Trinajstić information content (AvgIpc) is 2.94. The number of ether oxygens (including phenoxy) is 1. The molecule has 1 aliphatic rings. The molecule has 0 amide bonds. The van der Waals surface area contributed by atoms with Crippen LogP contribution in [0.5, 0.6) is 0 Å². The van der Waals surface area contributed by atoms with Crippen LogP contribution in [0.15, 0.2) is 109 Å². The van der Waals surface area contributed by atoms with Crippen molar-refractivity contribution in [1.29, 1.82) is 0 Å². The lowest BCUT2D eigenvalue weighted by atomic mass is 9.82. The predicted molar refractivity (Wildman–Crippen MR) is 175 cm³/mol. The second-order valence-corrected chi connectivity index (χ2v) is 17.0. The molecule has 3 atom stereocenters. The number of hydrogen-bond donors (Lipinski definition) is 0. The molecule has 2 nitrogen and oxygen atoms in total. The summed E-state index contributed by atoms with van der Waals surface area (Å²) in [6.07, 6.45) is 4.37. The minimum atomic E-state index is -2.66. The molecular weight excluding hydrogens is 517 g/mol. The minimum Gasteiger partial charge on any atom is -0.404 e. The number of aryl methyl sites for hydroxylation is 4. The summed E-state index contributed by atoms with van der Waals surface area (Å²) in [4.78, 5) is 0. The average molecular weight is 561 g/mol. The van der Waals surface area contributed by atoms with E-state index >= 15 is 0 Å². The second-order valence-electron chi connectivity index (χ2n) is 12.7. The van der Waals surface area contributed by atoms with Gasteiger partial charge in [-0.3, -0.25) is 0 Å². The van der Waals surface area contributed by atoms with Gasteiger partial charge in [0.15, 0.2) is 0 Å². The molecule has 4 aromatic carbocycles. The van der Waals surface area contributed by atoms with Gasteiger partial charge in [-0.1, -0.05) is 141 Å². The third-order valence-corrected chi connectivity index (χ3v) is 13.6. The fourth-order valence-electron chi connectivity index (χ4n) is 6.60. The molecule has 0 aromatic heterocycles. The van der Waals surface area contributed by atoms with Crippen LogP contribution in [-0.2, 0) is 9.16 Å². The van der Waals surface area contributed by atoms with Gasteiger partial charge in [0.1, 0.15) is 0 Å². The molecule has 0 N–H and O–H groups in total. The molecule has 0 bridgehead atoms. The third kappa shape index (κ3) is 5.90. The van der Waals surface area contributed by atoms with Crippen LogP contribution in [-0.4, -0.2) is 21.0 Å². The van der Waals surface area contributed by atoms with E-state index in [4.69, 9.17) is 9.16 Å². The van der Waals surface area contributed by atoms with Crippen molar-refractivity contribution < 1.29 is 9.16 Å². The zero-order chi connectivity index (χ0) is 29.2. The number of rotatable bonds is 7. The first kappa shape index (κ1) is 29.3. The first-order chi connectivity index (χ1) is 19.6. The third-order valence-electron chi connectivity index (χ3n) is 8.58. The van der Waals surface area contributed by atoms with E-state index in [0.717, 1.165) is 0 Å². The van der Waals surface area contributed by atoms with Gasteiger partial charge in [0, 0.05) is 5.92 Å². The highest BCUT2D eigenvalue weighted by molar-refractivity contribution is 6.99. The standard InChI is InChI=1S/C38H44O2Si/c1-27-18-21-34(29(3)24-27)36-23-20-31(40-37(36)35-22-19-28(2)25-30(35)4)26-39-41(38(5,6)7,32-14-10-8-11-15-32)33-16-12-9-13-17-33/h8-25,31,36-37H,26H2,1-7H3/t31-,36-,37-/m0/s1. The van der Waals surface area contributed by atoms with Crippen molar-refractivity contribution in [2.24, 2.45) is 0 Å². The smallest absolute Gasteiger partial charge is 0.261 e. The summed E-state index contributed by atoms with van der Waals surface area (Å²) >= 11 is 0.